The molecule has 3 N–H and O–H groups in total. The van der Waals surface area contributed by atoms with Crippen molar-refractivity contribution in [3.63, 3.8) is 0 Å². The molecule has 0 spiro atoms. The van der Waals surface area contributed by atoms with Crippen LogP contribution in [0.3, 0.4) is 0 Å². The van der Waals surface area contributed by atoms with E-state index in [1.807, 2.05) is 72.8 Å². The summed E-state index contributed by atoms with van der Waals surface area (Å²) in [5, 5.41) is 24.8. The Hall–Kier alpha value is -2.78. The van der Waals surface area contributed by atoms with Gasteiger partial charge in [-0.25, -0.2) is 0 Å². The van der Waals surface area contributed by atoms with Gasteiger partial charge in [0.2, 0.25) is 5.91 Å². The number of amides is 1. The first-order chi connectivity index (χ1) is 25.8. The SMILES string of the molecule is CCCCCCCCCCCCCCCC(=O)Nc1cccc(C2O[C@H](CN3CCC(O)(c4ccc(Cl)cc4)CC3)C[C@H](c3ccc(CO)cc3)O2)c1. The molecular weight excluding hydrogens is 684 g/mol. The normalized spacial score (nSPS) is 20.3. The third-order valence-electron chi connectivity index (χ3n) is 11.1. The topological polar surface area (TPSA) is 91.3 Å². The van der Waals surface area contributed by atoms with Gasteiger partial charge in [0.15, 0.2) is 6.29 Å². The average molecular weight is 747 g/mol. The molecule has 0 aromatic heterocycles. The number of likely N-dealkylation sites (tertiary alicyclic amines) is 1. The largest absolute Gasteiger partial charge is 0.392 e. The molecule has 3 aromatic carbocycles. The highest BCUT2D eigenvalue weighted by Gasteiger charge is 2.37. The zero-order valence-electron chi connectivity index (χ0n) is 32.0. The third-order valence-corrected chi connectivity index (χ3v) is 11.3. The van der Waals surface area contributed by atoms with Gasteiger partial charge in [0.25, 0.3) is 0 Å². The quantitative estimate of drug-likeness (QED) is 0.0940. The van der Waals surface area contributed by atoms with Crippen LogP contribution in [-0.2, 0) is 26.5 Å². The van der Waals surface area contributed by atoms with E-state index in [0.29, 0.717) is 30.7 Å². The molecule has 5 rings (SSSR count). The summed E-state index contributed by atoms with van der Waals surface area (Å²) in [6, 6.07) is 23.3. The molecule has 3 aromatic rings. The Morgan fingerprint density at radius 3 is 2.06 bits per heavy atom. The van der Waals surface area contributed by atoms with Crippen LogP contribution < -0.4 is 5.32 Å². The maximum absolute atomic E-state index is 12.9. The second-order valence-electron chi connectivity index (χ2n) is 15.4. The van der Waals surface area contributed by atoms with Crippen molar-refractivity contribution >= 4 is 23.2 Å². The minimum absolute atomic E-state index is 0.00460. The number of hydrogen-bond acceptors (Lipinski definition) is 6. The van der Waals surface area contributed by atoms with Gasteiger partial charge < -0.3 is 29.9 Å². The third kappa shape index (κ3) is 13.5. The highest BCUT2D eigenvalue weighted by atomic mass is 35.5. The molecule has 2 aliphatic heterocycles. The number of anilines is 1. The van der Waals surface area contributed by atoms with Gasteiger partial charge in [0.05, 0.1) is 24.4 Å². The Labute approximate surface area is 323 Å². The van der Waals surface area contributed by atoms with Crippen LogP contribution in [0, 0.1) is 0 Å². The lowest BCUT2D eigenvalue weighted by molar-refractivity contribution is -0.253. The summed E-state index contributed by atoms with van der Waals surface area (Å²) in [4.78, 5) is 15.3. The lowest BCUT2D eigenvalue weighted by Crippen LogP contribution is -2.46. The maximum Gasteiger partial charge on any atom is 0.224 e. The standard InChI is InChI=1S/C45H63ClN2O5/c1-2-3-4-5-6-7-8-9-10-11-12-13-14-18-43(50)47-40-17-15-16-37(31-40)44-52-41(32-42(53-44)36-21-19-35(34-49)20-22-36)33-48-29-27-45(51,28-30-48)38-23-25-39(46)26-24-38/h15-17,19-26,31,41-42,44,49,51H,2-14,18,27-30,32-34H2,1H3,(H,47,50)/t41-,42+,44?/m0/s1. The number of benzene rings is 3. The summed E-state index contributed by atoms with van der Waals surface area (Å²) in [7, 11) is 0. The van der Waals surface area contributed by atoms with Gasteiger partial charge >= 0.3 is 0 Å². The van der Waals surface area contributed by atoms with Crippen molar-refractivity contribution in [3.8, 4) is 0 Å². The van der Waals surface area contributed by atoms with Gasteiger partial charge in [0.1, 0.15) is 0 Å². The number of aliphatic hydroxyl groups is 2. The number of piperidine rings is 1. The minimum atomic E-state index is -0.866. The molecule has 53 heavy (non-hydrogen) atoms. The van der Waals surface area contributed by atoms with Crippen molar-refractivity contribution in [1.29, 1.82) is 0 Å². The summed E-state index contributed by atoms with van der Waals surface area (Å²) in [6.07, 6.45) is 18.3. The lowest BCUT2D eigenvalue weighted by atomic mass is 9.84. The monoisotopic (exact) mass is 746 g/mol. The number of nitrogens with one attached hydrogen (secondary N) is 1. The number of nitrogens with zero attached hydrogens (tertiary/aromatic N) is 1. The Kier molecular flexibility index (Phi) is 17.1. The summed E-state index contributed by atoms with van der Waals surface area (Å²) >= 11 is 6.10. The Morgan fingerprint density at radius 1 is 0.811 bits per heavy atom. The summed E-state index contributed by atoms with van der Waals surface area (Å²) in [5.41, 5.74) is 3.55. The number of aliphatic hydroxyl groups excluding tert-OH is 1. The molecule has 0 bridgehead atoms. The van der Waals surface area contributed by atoms with Crippen LogP contribution in [0.2, 0.25) is 5.02 Å². The van der Waals surface area contributed by atoms with Crippen molar-refractivity contribution in [3.05, 3.63) is 100 Å². The first kappa shape index (κ1) is 41.4. The van der Waals surface area contributed by atoms with Crippen molar-refractivity contribution < 1.29 is 24.5 Å². The van der Waals surface area contributed by atoms with Gasteiger partial charge in [-0.1, -0.05) is 144 Å². The van der Waals surface area contributed by atoms with Crippen LogP contribution in [0.25, 0.3) is 0 Å². The second kappa shape index (κ2) is 21.9. The van der Waals surface area contributed by atoms with Crippen LogP contribution in [0.4, 0.5) is 5.69 Å². The second-order valence-corrected chi connectivity index (χ2v) is 15.8. The molecule has 1 unspecified atom stereocenters. The van der Waals surface area contributed by atoms with Crippen LogP contribution >= 0.6 is 11.6 Å². The molecule has 7 nitrogen and oxygen atoms in total. The number of carbonyl (C=O) groups excluding carboxylic acids is 1. The van der Waals surface area contributed by atoms with Crippen LogP contribution in [0.15, 0.2) is 72.8 Å². The van der Waals surface area contributed by atoms with E-state index in [4.69, 9.17) is 21.1 Å². The lowest BCUT2D eigenvalue weighted by Gasteiger charge is -2.42. The van der Waals surface area contributed by atoms with Gasteiger partial charge in [-0.15, -0.1) is 0 Å². The minimum Gasteiger partial charge on any atom is -0.392 e. The molecule has 290 valence electrons. The summed E-state index contributed by atoms with van der Waals surface area (Å²) in [6.45, 7) is 4.49. The molecular formula is C45H63ClN2O5. The van der Waals surface area contributed by atoms with E-state index < -0.39 is 11.9 Å². The van der Waals surface area contributed by atoms with Gasteiger partial charge in [-0.3, -0.25) is 4.79 Å². The predicted molar refractivity (Wildman–Crippen MR) is 215 cm³/mol. The van der Waals surface area contributed by atoms with Crippen molar-refractivity contribution in [2.24, 2.45) is 0 Å². The average Bonchev–Trinajstić information content (AvgIpc) is 3.18. The first-order valence-electron chi connectivity index (χ1n) is 20.5. The van der Waals surface area contributed by atoms with Gasteiger partial charge in [-0.05, 0) is 60.2 Å². The molecule has 0 radical (unpaired) electrons. The molecule has 3 atom stereocenters. The fourth-order valence-corrected chi connectivity index (χ4v) is 7.89. The van der Waals surface area contributed by atoms with E-state index >= 15 is 0 Å². The molecule has 0 aliphatic carbocycles. The molecule has 1 amide bonds. The molecule has 2 saturated heterocycles. The highest BCUT2D eigenvalue weighted by Crippen LogP contribution is 2.40. The van der Waals surface area contributed by atoms with Gasteiger partial charge in [0, 0.05) is 48.7 Å². The predicted octanol–water partition coefficient (Wildman–Crippen LogP) is 10.8. The van der Waals surface area contributed by atoms with E-state index in [0.717, 1.165) is 60.4 Å². The van der Waals surface area contributed by atoms with E-state index in [1.165, 1.54) is 70.6 Å². The van der Waals surface area contributed by atoms with Crippen LogP contribution in [0.1, 0.15) is 151 Å². The van der Waals surface area contributed by atoms with E-state index in [9.17, 15) is 15.0 Å². The van der Waals surface area contributed by atoms with E-state index in [1.54, 1.807) is 0 Å². The Bertz CT molecular complexity index is 1490. The fraction of sp³-hybridized carbons (Fsp3) is 0.578. The number of carbonyl (C=O) groups is 1. The zero-order valence-corrected chi connectivity index (χ0v) is 32.7. The number of rotatable bonds is 21. The van der Waals surface area contributed by atoms with Gasteiger partial charge in [-0.2, -0.15) is 0 Å². The zero-order chi connectivity index (χ0) is 37.3. The Balaban J connectivity index is 1.10. The van der Waals surface area contributed by atoms with Crippen molar-refractivity contribution in [2.45, 2.75) is 147 Å². The molecule has 2 heterocycles. The number of hydrogen-bond donors (Lipinski definition) is 3. The number of halogens is 1. The number of unbranched alkanes of at least 4 members (excludes halogenated alkanes) is 12. The van der Waals surface area contributed by atoms with Crippen molar-refractivity contribution in [1.82, 2.24) is 4.90 Å². The summed E-state index contributed by atoms with van der Waals surface area (Å²) < 4.78 is 13.2. The smallest absolute Gasteiger partial charge is 0.224 e. The molecule has 2 fully saturated rings. The molecule has 0 saturated carbocycles. The van der Waals surface area contributed by atoms with Crippen molar-refractivity contribution in [2.75, 3.05) is 25.0 Å². The first-order valence-corrected chi connectivity index (χ1v) is 20.8. The number of ether oxygens (including phenoxy) is 2. The molecule has 8 heteroatoms. The highest BCUT2D eigenvalue weighted by molar-refractivity contribution is 6.30. The molecule has 2 aliphatic rings. The fourth-order valence-electron chi connectivity index (χ4n) is 7.77. The Morgan fingerprint density at radius 2 is 1.43 bits per heavy atom. The van der Waals surface area contributed by atoms with Crippen LogP contribution in [0.5, 0.6) is 0 Å². The summed E-state index contributed by atoms with van der Waals surface area (Å²) in [5.74, 6) is 0.0408. The van der Waals surface area contributed by atoms with E-state index in [2.05, 4.69) is 17.1 Å². The van der Waals surface area contributed by atoms with Crippen LogP contribution in [-0.4, -0.2) is 46.8 Å². The maximum atomic E-state index is 12.9. The van der Waals surface area contributed by atoms with E-state index in [-0.39, 0.29) is 24.7 Å².